The lowest BCUT2D eigenvalue weighted by molar-refractivity contribution is -0.134. The molecule has 0 radical (unpaired) electrons. The van der Waals surface area contributed by atoms with Crippen molar-refractivity contribution in [3.05, 3.63) is 101 Å². The molecule has 0 aliphatic carbocycles. The second-order valence-corrected chi connectivity index (χ2v) is 6.68. The largest absolute Gasteiger partial charge is 0.427 e. The third-order valence-corrected chi connectivity index (χ3v) is 4.45. The van der Waals surface area contributed by atoms with Crippen LogP contribution in [0.3, 0.4) is 0 Å². The molecule has 0 amide bonds. The lowest BCUT2D eigenvalue weighted by atomic mass is 10.0. The molecular formula is C25H20FNO2. The van der Waals surface area contributed by atoms with Gasteiger partial charge in [-0.3, -0.25) is 4.79 Å². The fourth-order valence-electron chi connectivity index (χ4n) is 2.83. The van der Waals surface area contributed by atoms with E-state index in [1.54, 1.807) is 48.5 Å². The number of ether oxygens (including phenoxy) is 1. The number of esters is 1. The van der Waals surface area contributed by atoms with E-state index in [2.05, 4.69) is 0 Å². The van der Waals surface area contributed by atoms with Crippen LogP contribution in [-0.2, 0) is 11.2 Å². The summed E-state index contributed by atoms with van der Waals surface area (Å²) in [6.45, 7) is 2.02. The van der Waals surface area contributed by atoms with Crippen LogP contribution >= 0.6 is 0 Å². The van der Waals surface area contributed by atoms with Gasteiger partial charge in [0, 0.05) is 12.0 Å². The zero-order chi connectivity index (χ0) is 20.6. The third kappa shape index (κ3) is 5.63. The van der Waals surface area contributed by atoms with Gasteiger partial charge in [-0.15, -0.1) is 0 Å². The Balaban J connectivity index is 1.62. The fraction of sp³-hybridized carbons (Fsp3) is 0.120. The van der Waals surface area contributed by atoms with E-state index in [9.17, 15) is 14.4 Å². The van der Waals surface area contributed by atoms with Gasteiger partial charge in [0.2, 0.25) is 0 Å². The molecular weight excluding hydrogens is 365 g/mol. The first-order valence-corrected chi connectivity index (χ1v) is 9.28. The Morgan fingerprint density at radius 3 is 2.38 bits per heavy atom. The summed E-state index contributed by atoms with van der Waals surface area (Å²) >= 11 is 0. The summed E-state index contributed by atoms with van der Waals surface area (Å²) < 4.78 is 19.3. The van der Waals surface area contributed by atoms with Crippen LogP contribution in [0, 0.1) is 24.1 Å². The van der Waals surface area contributed by atoms with Crippen molar-refractivity contribution in [3.63, 3.8) is 0 Å². The van der Waals surface area contributed by atoms with E-state index in [0.29, 0.717) is 17.7 Å². The van der Waals surface area contributed by atoms with Gasteiger partial charge in [-0.05, 0) is 48.7 Å². The van der Waals surface area contributed by atoms with E-state index < -0.39 is 5.82 Å². The first-order chi connectivity index (χ1) is 14.0. The van der Waals surface area contributed by atoms with Crippen LogP contribution in [-0.4, -0.2) is 5.97 Å². The molecule has 0 saturated carbocycles. The molecule has 29 heavy (non-hydrogen) atoms. The Bertz CT molecular complexity index is 1060. The van der Waals surface area contributed by atoms with Crippen molar-refractivity contribution in [2.24, 2.45) is 0 Å². The van der Waals surface area contributed by atoms with E-state index in [0.717, 1.165) is 5.56 Å². The van der Waals surface area contributed by atoms with Gasteiger partial charge in [0.15, 0.2) is 0 Å². The van der Waals surface area contributed by atoms with Gasteiger partial charge in [-0.1, -0.05) is 60.2 Å². The Kier molecular flexibility index (Phi) is 6.55. The van der Waals surface area contributed by atoms with Crippen molar-refractivity contribution >= 4 is 17.6 Å². The van der Waals surface area contributed by atoms with Crippen molar-refractivity contribution in [1.82, 2.24) is 0 Å². The quantitative estimate of drug-likeness (QED) is 0.235. The number of hydrogen-bond acceptors (Lipinski definition) is 3. The summed E-state index contributed by atoms with van der Waals surface area (Å²) in [5, 5.41) is 9.35. The van der Waals surface area contributed by atoms with Crippen molar-refractivity contribution in [2.45, 2.75) is 19.8 Å². The molecule has 0 aliphatic rings. The van der Waals surface area contributed by atoms with Gasteiger partial charge < -0.3 is 4.74 Å². The molecule has 3 rings (SSSR count). The Hall–Kier alpha value is -3.71. The smallest absolute Gasteiger partial charge is 0.311 e. The Labute approximate surface area is 169 Å². The second kappa shape index (κ2) is 9.48. The summed E-state index contributed by atoms with van der Waals surface area (Å²) in [6, 6.07) is 23.0. The summed E-state index contributed by atoms with van der Waals surface area (Å²) in [5.41, 5.74) is 3.46. The number of allylic oxidation sites excluding steroid dienone is 1. The van der Waals surface area contributed by atoms with Gasteiger partial charge in [0.05, 0.1) is 11.6 Å². The minimum absolute atomic E-state index is 0.228. The van der Waals surface area contributed by atoms with Gasteiger partial charge >= 0.3 is 5.97 Å². The van der Waals surface area contributed by atoms with Crippen LogP contribution in [0.25, 0.3) is 11.6 Å². The summed E-state index contributed by atoms with van der Waals surface area (Å²) in [4.78, 5) is 12.1. The van der Waals surface area contributed by atoms with E-state index in [-0.39, 0.29) is 23.5 Å². The zero-order valence-corrected chi connectivity index (χ0v) is 16.1. The monoisotopic (exact) mass is 385 g/mol. The highest BCUT2D eigenvalue weighted by Gasteiger charge is 2.08. The summed E-state index contributed by atoms with van der Waals surface area (Å²) in [7, 11) is 0. The maximum absolute atomic E-state index is 13.9. The number of benzene rings is 3. The van der Waals surface area contributed by atoms with Crippen molar-refractivity contribution in [1.29, 1.82) is 5.26 Å². The normalized spacial score (nSPS) is 11.0. The van der Waals surface area contributed by atoms with Crippen LogP contribution in [0.15, 0.2) is 72.8 Å². The van der Waals surface area contributed by atoms with Crippen LogP contribution in [0.2, 0.25) is 0 Å². The van der Waals surface area contributed by atoms with Crippen LogP contribution in [0.1, 0.15) is 28.7 Å². The van der Waals surface area contributed by atoms with Gasteiger partial charge in [0.1, 0.15) is 11.6 Å². The van der Waals surface area contributed by atoms with Crippen molar-refractivity contribution in [3.8, 4) is 11.8 Å². The molecule has 0 aliphatic heterocycles. The van der Waals surface area contributed by atoms with E-state index in [1.165, 1.54) is 11.6 Å². The molecule has 3 aromatic carbocycles. The van der Waals surface area contributed by atoms with Gasteiger partial charge in [0.25, 0.3) is 0 Å². The molecule has 3 nitrogen and oxygen atoms in total. The number of rotatable bonds is 6. The molecule has 3 aromatic rings. The highest BCUT2D eigenvalue weighted by molar-refractivity contribution is 5.89. The number of hydrogen-bond donors (Lipinski definition) is 0. The first kappa shape index (κ1) is 20.0. The Morgan fingerprint density at radius 1 is 1.03 bits per heavy atom. The number of carbonyl (C=O) groups excluding carboxylic acids is 1. The van der Waals surface area contributed by atoms with E-state index in [1.807, 2.05) is 37.3 Å². The summed E-state index contributed by atoms with van der Waals surface area (Å²) in [6.07, 6.45) is 2.51. The highest BCUT2D eigenvalue weighted by atomic mass is 19.1. The van der Waals surface area contributed by atoms with E-state index in [4.69, 9.17) is 4.74 Å². The molecule has 0 aromatic heterocycles. The highest BCUT2D eigenvalue weighted by Crippen LogP contribution is 2.22. The third-order valence-electron chi connectivity index (χ3n) is 4.45. The maximum Gasteiger partial charge on any atom is 0.311 e. The number of aryl methyl sites for hydroxylation is 2. The molecule has 0 bridgehead atoms. The van der Waals surface area contributed by atoms with E-state index >= 15 is 0 Å². The first-order valence-electron chi connectivity index (χ1n) is 9.28. The zero-order valence-electron chi connectivity index (χ0n) is 16.1. The predicted molar refractivity (Wildman–Crippen MR) is 111 cm³/mol. The number of halogens is 1. The summed E-state index contributed by atoms with van der Waals surface area (Å²) in [5.74, 6) is -0.321. The average molecular weight is 385 g/mol. The maximum atomic E-state index is 13.9. The minimum atomic E-state index is -0.445. The number of nitrogens with zero attached hydrogens (tertiary/aromatic N) is 1. The van der Waals surface area contributed by atoms with Crippen LogP contribution < -0.4 is 4.74 Å². The minimum Gasteiger partial charge on any atom is -0.427 e. The lowest BCUT2D eigenvalue weighted by Crippen LogP contribution is -2.09. The second-order valence-electron chi connectivity index (χ2n) is 6.68. The number of nitriles is 1. The molecule has 0 unspecified atom stereocenters. The topological polar surface area (TPSA) is 50.1 Å². The average Bonchev–Trinajstić information content (AvgIpc) is 2.73. The molecule has 0 N–H and O–H groups in total. The molecule has 144 valence electrons. The molecule has 0 fully saturated rings. The molecule has 0 saturated heterocycles. The lowest BCUT2D eigenvalue weighted by Gasteiger charge is -2.06. The molecule has 0 atom stereocenters. The van der Waals surface area contributed by atoms with Crippen molar-refractivity contribution < 1.29 is 13.9 Å². The van der Waals surface area contributed by atoms with Crippen LogP contribution in [0.4, 0.5) is 4.39 Å². The van der Waals surface area contributed by atoms with Crippen LogP contribution in [0.5, 0.6) is 5.75 Å². The van der Waals surface area contributed by atoms with Gasteiger partial charge in [-0.25, -0.2) is 4.39 Å². The molecule has 0 spiro atoms. The molecule has 0 heterocycles. The SMILES string of the molecule is Cc1ccc(CCC(=O)Oc2ccc(/C=C(/C#N)c3ccccc3F)cc2)cc1. The van der Waals surface area contributed by atoms with Crippen molar-refractivity contribution in [2.75, 3.05) is 0 Å². The predicted octanol–water partition coefficient (Wildman–Crippen LogP) is 5.74. The van der Waals surface area contributed by atoms with Gasteiger partial charge in [-0.2, -0.15) is 5.26 Å². The standard InChI is InChI=1S/C25H20FNO2/c1-18-6-8-19(9-7-18)12-15-25(28)29-22-13-10-20(11-14-22)16-21(17-27)23-4-2-3-5-24(23)26/h2-11,13-14,16H,12,15H2,1H3/b21-16-. The number of carbonyl (C=O) groups is 1. The fourth-order valence-corrected chi connectivity index (χ4v) is 2.83. The Morgan fingerprint density at radius 2 is 1.72 bits per heavy atom. The molecule has 4 heteroatoms.